The average molecular weight is 233 g/mol. The number of nitrogens with two attached hydrogens (primary N) is 1. The first-order valence-electron chi connectivity index (χ1n) is 6.46. The van der Waals surface area contributed by atoms with E-state index in [-0.39, 0.29) is 0 Å². The number of hydrogen-bond acceptors (Lipinski definition) is 3. The fourth-order valence-corrected chi connectivity index (χ4v) is 2.41. The molecule has 0 saturated heterocycles. The summed E-state index contributed by atoms with van der Waals surface area (Å²) in [4.78, 5) is 2.11. The van der Waals surface area contributed by atoms with E-state index >= 15 is 0 Å². The lowest BCUT2D eigenvalue weighted by molar-refractivity contribution is 0.404. The number of hydrogen-bond donors (Lipinski definition) is 2. The van der Waals surface area contributed by atoms with Crippen molar-refractivity contribution in [2.45, 2.75) is 37.8 Å². The highest BCUT2D eigenvalue weighted by Crippen LogP contribution is 2.22. The topological polar surface area (TPSA) is 41.3 Å². The van der Waals surface area contributed by atoms with E-state index in [1.807, 2.05) is 0 Å². The molecule has 1 aliphatic carbocycles. The summed E-state index contributed by atoms with van der Waals surface area (Å²) in [6.07, 6.45) is 4.91. The van der Waals surface area contributed by atoms with Gasteiger partial charge in [0.05, 0.1) is 0 Å². The molecule has 0 heterocycles. The third kappa shape index (κ3) is 3.13. The third-order valence-electron chi connectivity index (χ3n) is 3.56. The molecule has 1 aromatic rings. The lowest BCUT2D eigenvalue weighted by Crippen LogP contribution is -2.42. The van der Waals surface area contributed by atoms with Gasteiger partial charge in [0.25, 0.3) is 0 Å². The van der Waals surface area contributed by atoms with Crippen molar-refractivity contribution in [3.8, 4) is 0 Å². The van der Waals surface area contributed by atoms with Gasteiger partial charge in [-0.3, -0.25) is 0 Å². The number of anilines is 2. The Labute approximate surface area is 104 Å². The Hall–Kier alpha value is -1.22. The van der Waals surface area contributed by atoms with Crippen LogP contribution in [-0.4, -0.2) is 26.2 Å². The molecule has 2 unspecified atom stereocenters. The maximum Gasteiger partial charge on any atom is 0.0412 e. The molecule has 0 radical (unpaired) electrons. The van der Waals surface area contributed by atoms with Crippen LogP contribution in [0.4, 0.5) is 11.4 Å². The van der Waals surface area contributed by atoms with Gasteiger partial charge in [0.1, 0.15) is 0 Å². The number of benzene rings is 1. The van der Waals surface area contributed by atoms with Gasteiger partial charge in [-0.2, -0.15) is 0 Å². The molecule has 2 rings (SSSR count). The molecular formula is C14H23N3. The van der Waals surface area contributed by atoms with Gasteiger partial charge in [-0.25, -0.2) is 0 Å². The van der Waals surface area contributed by atoms with Crippen LogP contribution in [0.2, 0.25) is 0 Å². The number of rotatable bonds is 3. The Morgan fingerprint density at radius 2 is 1.76 bits per heavy atom. The molecular weight excluding hydrogens is 210 g/mol. The highest BCUT2D eigenvalue weighted by molar-refractivity contribution is 5.54. The zero-order valence-electron chi connectivity index (χ0n) is 10.8. The number of nitrogens with zero attached hydrogens (tertiary/aromatic N) is 1. The fraction of sp³-hybridized carbons (Fsp3) is 0.571. The molecule has 0 bridgehead atoms. The zero-order valence-corrected chi connectivity index (χ0v) is 10.8. The van der Waals surface area contributed by atoms with Crippen LogP contribution >= 0.6 is 0 Å². The van der Waals surface area contributed by atoms with Gasteiger partial charge in [0, 0.05) is 37.6 Å². The second-order valence-corrected chi connectivity index (χ2v) is 5.14. The molecule has 3 heteroatoms. The van der Waals surface area contributed by atoms with Crippen molar-refractivity contribution >= 4 is 11.4 Å². The number of nitrogens with one attached hydrogen (secondary N) is 1. The molecule has 0 aliphatic heterocycles. The third-order valence-corrected chi connectivity index (χ3v) is 3.56. The van der Waals surface area contributed by atoms with Crippen LogP contribution in [0.3, 0.4) is 0 Å². The van der Waals surface area contributed by atoms with E-state index in [1.54, 1.807) is 0 Å². The van der Waals surface area contributed by atoms with Gasteiger partial charge in [-0.15, -0.1) is 0 Å². The highest BCUT2D eigenvalue weighted by atomic mass is 15.1. The van der Waals surface area contributed by atoms with E-state index in [0.29, 0.717) is 12.1 Å². The summed E-state index contributed by atoms with van der Waals surface area (Å²) >= 11 is 0. The maximum atomic E-state index is 6.13. The van der Waals surface area contributed by atoms with E-state index in [2.05, 4.69) is 48.6 Å². The summed E-state index contributed by atoms with van der Waals surface area (Å²) in [5.41, 5.74) is 8.54. The summed E-state index contributed by atoms with van der Waals surface area (Å²) in [7, 11) is 4.11. The molecule has 0 spiro atoms. The van der Waals surface area contributed by atoms with Gasteiger partial charge < -0.3 is 16.0 Å². The van der Waals surface area contributed by atoms with Crippen LogP contribution in [0.5, 0.6) is 0 Å². The monoisotopic (exact) mass is 233 g/mol. The largest absolute Gasteiger partial charge is 0.381 e. The quantitative estimate of drug-likeness (QED) is 0.842. The highest BCUT2D eigenvalue weighted by Gasteiger charge is 2.21. The molecule has 0 amide bonds. The summed E-state index contributed by atoms with van der Waals surface area (Å²) in [6.45, 7) is 0. The zero-order chi connectivity index (χ0) is 12.3. The molecule has 1 aromatic carbocycles. The molecule has 2 atom stereocenters. The summed E-state index contributed by atoms with van der Waals surface area (Å²) in [5, 5.41) is 3.55. The van der Waals surface area contributed by atoms with E-state index in [0.717, 1.165) is 6.42 Å². The van der Waals surface area contributed by atoms with Crippen LogP contribution < -0.4 is 16.0 Å². The predicted molar refractivity (Wildman–Crippen MR) is 74.6 cm³/mol. The van der Waals surface area contributed by atoms with Gasteiger partial charge in [0.2, 0.25) is 0 Å². The molecule has 1 saturated carbocycles. The SMILES string of the molecule is CN(C)c1ccc(NC2CCCCC2N)cc1. The van der Waals surface area contributed by atoms with Gasteiger partial charge >= 0.3 is 0 Å². The maximum absolute atomic E-state index is 6.13. The molecule has 3 nitrogen and oxygen atoms in total. The molecule has 1 aliphatic rings. The van der Waals surface area contributed by atoms with Crippen molar-refractivity contribution < 1.29 is 0 Å². The van der Waals surface area contributed by atoms with E-state index in [1.165, 1.54) is 30.6 Å². The van der Waals surface area contributed by atoms with E-state index in [4.69, 9.17) is 5.73 Å². The minimum atomic E-state index is 0.303. The minimum absolute atomic E-state index is 0.303. The Bertz CT molecular complexity index is 345. The van der Waals surface area contributed by atoms with Crippen molar-refractivity contribution in [3.05, 3.63) is 24.3 Å². The summed E-state index contributed by atoms with van der Waals surface area (Å²) in [5.74, 6) is 0. The first-order valence-corrected chi connectivity index (χ1v) is 6.46. The van der Waals surface area contributed by atoms with Crippen LogP contribution in [0.25, 0.3) is 0 Å². The molecule has 1 fully saturated rings. The van der Waals surface area contributed by atoms with E-state index < -0.39 is 0 Å². The van der Waals surface area contributed by atoms with Gasteiger partial charge in [-0.1, -0.05) is 12.8 Å². The standard InChI is InChI=1S/C14H23N3/c1-17(2)12-9-7-11(8-10-12)16-14-6-4-3-5-13(14)15/h7-10,13-14,16H,3-6,15H2,1-2H3. The van der Waals surface area contributed by atoms with Crippen molar-refractivity contribution in [1.29, 1.82) is 0 Å². The Morgan fingerprint density at radius 1 is 1.12 bits per heavy atom. The smallest absolute Gasteiger partial charge is 0.0412 e. The normalized spacial score (nSPS) is 24.4. The van der Waals surface area contributed by atoms with Crippen LogP contribution in [0.1, 0.15) is 25.7 Å². The first-order chi connectivity index (χ1) is 8.16. The minimum Gasteiger partial charge on any atom is -0.381 e. The Kier molecular flexibility index (Phi) is 3.89. The lowest BCUT2D eigenvalue weighted by atomic mass is 9.91. The van der Waals surface area contributed by atoms with Gasteiger partial charge in [0.15, 0.2) is 0 Å². The molecule has 17 heavy (non-hydrogen) atoms. The van der Waals surface area contributed by atoms with Crippen molar-refractivity contribution in [2.75, 3.05) is 24.3 Å². The average Bonchev–Trinajstić information content (AvgIpc) is 2.33. The molecule has 0 aromatic heterocycles. The van der Waals surface area contributed by atoms with Gasteiger partial charge in [-0.05, 0) is 37.1 Å². The summed E-state index contributed by atoms with van der Waals surface area (Å²) in [6, 6.07) is 9.28. The Morgan fingerprint density at radius 3 is 2.35 bits per heavy atom. The molecule has 3 N–H and O–H groups in total. The van der Waals surface area contributed by atoms with Crippen molar-refractivity contribution in [2.24, 2.45) is 5.73 Å². The fourth-order valence-electron chi connectivity index (χ4n) is 2.41. The summed E-state index contributed by atoms with van der Waals surface area (Å²) < 4.78 is 0. The Balaban J connectivity index is 1.98. The lowest BCUT2D eigenvalue weighted by Gasteiger charge is -2.30. The van der Waals surface area contributed by atoms with Crippen molar-refractivity contribution in [3.63, 3.8) is 0 Å². The van der Waals surface area contributed by atoms with Crippen LogP contribution in [0.15, 0.2) is 24.3 Å². The van der Waals surface area contributed by atoms with Crippen LogP contribution in [0, 0.1) is 0 Å². The van der Waals surface area contributed by atoms with Crippen LogP contribution in [-0.2, 0) is 0 Å². The molecule has 94 valence electrons. The van der Waals surface area contributed by atoms with Crippen molar-refractivity contribution in [1.82, 2.24) is 0 Å². The predicted octanol–water partition coefficient (Wildman–Crippen LogP) is 2.43. The second kappa shape index (κ2) is 5.41. The first kappa shape index (κ1) is 12.2. The second-order valence-electron chi connectivity index (χ2n) is 5.14. The van der Waals surface area contributed by atoms with E-state index in [9.17, 15) is 0 Å².